The summed E-state index contributed by atoms with van der Waals surface area (Å²) in [6, 6.07) is 3.97. The van der Waals surface area contributed by atoms with E-state index in [1.807, 2.05) is 4.90 Å². The van der Waals surface area contributed by atoms with Crippen LogP contribution in [0.1, 0.15) is 54.2 Å². The van der Waals surface area contributed by atoms with E-state index in [1.54, 1.807) is 19.4 Å². The molecule has 2 N–H and O–H groups in total. The number of thioether (sulfide) groups is 1. The summed E-state index contributed by atoms with van der Waals surface area (Å²) in [5, 5.41) is 6.14. The van der Waals surface area contributed by atoms with Crippen LogP contribution in [0, 0.1) is 5.92 Å². The lowest BCUT2D eigenvalue weighted by Crippen LogP contribution is -2.45. The number of ether oxygens (including phenoxy) is 2. The molecular weight excluding hydrogens is 597 g/mol. The second-order valence-corrected chi connectivity index (χ2v) is 12.7. The number of rotatable bonds is 10. The van der Waals surface area contributed by atoms with Gasteiger partial charge in [-0.15, -0.1) is 0 Å². The highest BCUT2D eigenvalue weighted by molar-refractivity contribution is 8.04. The third kappa shape index (κ3) is 6.97. The van der Waals surface area contributed by atoms with Crippen LogP contribution in [0.2, 0.25) is 0 Å². The zero-order valence-electron chi connectivity index (χ0n) is 24.9. The minimum absolute atomic E-state index is 0.0567. The highest BCUT2D eigenvalue weighted by Crippen LogP contribution is 2.42. The molecule has 4 heterocycles. The first-order valence-electron chi connectivity index (χ1n) is 14.5. The van der Waals surface area contributed by atoms with Gasteiger partial charge in [0, 0.05) is 43.1 Å². The Labute approximate surface area is 258 Å². The Morgan fingerprint density at radius 2 is 1.98 bits per heavy atom. The lowest BCUT2D eigenvalue weighted by Gasteiger charge is -2.35. The van der Waals surface area contributed by atoms with Crippen molar-refractivity contribution in [2.24, 2.45) is 5.92 Å². The molecule has 2 atom stereocenters. The van der Waals surface area contributed by atoms with Crippen LogP contribution in [0.4, 0.5) is 19.0 Å². The molecule has 5 rings (SSSR count). The number of piperidine rings is 1. The summed E-state index contributed by atoms with van der Waals surface area (Å²) in [4.78, 5) is 38.1. The number of hydrogen-bond donors (Lipinski definition) is 2. The number of methoxy groups -OCH3 is 2. The number of halogens is 3. The van der Waals surface area contributed by atoms with Crippen LogP contribution < -0.4 is 20.3 Å². The summed E-state index contributed by atoms with van der Waals surface area (Å²) in [7, 11) is 2.87. The molecule has 1 amide bonds. The number of alkyl halides is 3. The molecule has 238 valence electrons. The molecule has 0 radical (unpaired) electrons. The molecule has 1 aromatic carbocycles. The van der Waals surface area contributed by atoms with Gasteiger partial charge in [-0.25, -0.2) is 9.97 Å². The van der Waals surface area contributed by atoms with Crippen LogP contribution >= 0.6 is 11.8 Å². The van der Waals surface area contributed by atoms with Gasteiger partial charge in [0.05, 0.1) is 37.4 Å². The van der Waals surface area contributed by atoms with Crippen molar-refractivity contribution in [3.05, 3.63) is 52.3 Å². The Kier molecular flexibility index (Phi) is 9.71. The number of carbonyl (C=O) groups is 2. The van der Waals surface area contributed by atoms with Gasteiger partial charge in [0.1, 0.15) is 23.5 Å². The number of nitrogens with zero attached hydrogens (tertiary/aromatic N) is 4. The molecule has 0 aliphatic carbocycles. The van der Waals surface area contributed by atoms with E-state index >= 15 is 0 Å². The van der Waals surface area contributed by atoms with Crippen LogP contribution in [0.25, 0.3) is 5.70 Å². The fraction of sp³-hybridized carbons (Fsp3) is 0.533. The fourth-order valence-corrected chi connectivity index (χ4v) is 7.16. The molecule has 2 unspecified atom stereocenters. The zero-order valence-corrected chi connectivity index (χ0v) is 25.8. The Morgan fingerprint density at radius 1 is 1.20 bits per heavy atom. The quantitative estimate of drug-likeness (QED) is 0.371. The number of anilines is 1. The molecule has 2 fully saturated rings. The Morgan fingerprint density at radius 3 is 2.61 bits per heavy atom. The number of likely N-dealkylation sites (tertiary alicyclic amines) is 1. The molecule has 0 bridgehead atoms. The topological polar surface area (TPSA) is 109 Å². The van der Waals surface area contributed by atoms with Crippen molar-refractivity contribution in [1.29, 1.82) is 0 Å². The van der Waals surface area contributed by atoms with Crippen molar-refractivity contribution in [1.82, 2.24) is 25.5 Å². The van der Waals surface area contributed by atoms with E-state index in [4.69, 9.17) is 9.47 Å². The van der Waals surface area contributed by atoms with Gasteiger partial charge in [-0.3, -0.25) is 9.69 Å². The van der Waals surface area contributed by atoms with Gasteiger partial charge < -0.3 is 29.8 Å². The predicted octanol–water partition coefficient (Wildman–Crippen LogP) is 4.14. The van der Waals surface area contributed by atoms with E-state index in [0.717, 1.165) is 49.5 Å². The smallest absolute Gasteiger partial charge is 0.419 e. The first kappa shape index (κ1) is 32.0. The second kappa shape index (κ2) is 13.3. The van der Waals surface area contributed by atoms with Crippen LogP contribution in [-0.2, 0) is 15.7 Å². The number of amides is 1. The minimum atomic E-state index is -4.61. The first-order chi connectivity index (χ1) is 21.0. The maximum absolute atomic E-state index is 13.9. The van der Waals surface area contributed by atoms with Gasteiger partial charge in [0.2, 0.25) is 0 Å². The highest BCUT2D eigenvalue weighted by Gasteiger charge is 2.40. The molecule has 0 spiro atoms. The lowest BCUT2D eigenvalue weighted by atomic mass is 9.99. The standard InChI is InChI=1S/C30H37F3N6O4S/c1-29(18-42-2)9-4-10-39(29)16-24-26(20-5-6-23(43-3)21(13-20)30(31,32)33)36-28(44-24)37-27(41)22-14-35-25(15-34-22)38-11-7-19(17-40)8-12-38/h5-6,13-15,17,19,28,36H,4,7-12,16,18H2,1-3H3,(H,37,41). The molecule has 10 nitrogen and oxygen atoms in total. The van der Waals surface area contributed by atoms with Gasteiger partial charge in [0.15, 0.2) is 5.50 Å². The number of benzene rings is 1. The van der Waals surface area contributed by atoms with E-state index < -0.39 is 23.1 Å². The molecule has 2 saturated heterocycles. The Hall–Kier alpha value is -3.36. The average Bonchev–Trinajstić information content (AvgIpc) is 3.59. The van der Waals surface area contributed by atoms with Gasteiger partial charge in [-0.2, -0.15) is 13.2 Å². The molecule has 2 aromatic rings. The first-order valence-corrected chi connectivity index (χ1v) is 15.4. The Balaban J connectivity index is 1.34. The van der Waals surface area contributed by atoms with Crippen molar-refractivity contribution in [2.75, 3.05) is 51.9 Å². The van der Waals surface area contributed by atoms with Gasteiger partial charge in [-0.05, 0) is 62.9 Å². The number of nitrogens with one attached hydrogen (secondary N) is 2. The molecule has 3 aliphatic rings. The molecule has 3 aliphatic heterocycles. The number of hydrogen-bond acceptors (Lipinski definition) is 10. The summed E-state index contributed by atoms with van der Waals surface area (Å²) in [5.41, 5.74) is -0.771. The summed E-state index contributed by atoms with van der Waals surface area (Å²) in [6.45, 7) is 5.31. The van der Waals surface area contributed by atoms with Crippen molar-refractivity contribution < 1.29 is 32.2 Å². The largest absolute Gasteiger partial charge is 0.496 e. The van der Waals surface area contributed by atoms with E-state index in [-0.39, 0.29) is 22.9 Å². The van der Waals surface area contributed by atoms with E-state index in [9.17, 15) is 22.8 Å². The van der Waals surface area contributed by atoms with Crippen LogP contribution in [0.15, 0.2) is 35.5 Å². The summed E-state index contributed by atoms with van der Waals surface area (Å²) in [5.74, 6) is -0.0388. The number of aldehydes is 1. The second-order valence-electron chi connectivity index (χ2n) is 11.5. The van der Waals surface area contributed by atoms with Gasteiger partial charge in [-0.1, -0.05) is 11.8 Å². The normalized spacial score (nSPS) is 23.1. The van der Waals surface area contributed by atoms with E-state index in [0.29, 0.717) is 43.3 Å². The summed E-state index contributed by atoms with van der Waals surface area (Å²) < 4.78 is 52.2. The van der Waals surface area contributed by atoms with Crippen molar-refractivity contribution in [3.8, 4) is 5.75 Å². The monoisotopic (exact) mass is 634 g/mol. The highest BCUT2D eigenvalue weighted by atomic mass is 32.2. The Bertz CT molecular complexity index is 1380. The fourth-order valence-electron chi connectivity index (χ4n) is 6.01. The van der Waals surface area contributed by atoms with E-state index in [2.05, 4.69) is 32.4 Å². The third-order valence-corrected chi connectivity index (χ3v) is 9.58. The molecular formula is C30H37F3N6O4S. The predicted molar refractivity (Wildman–Crippen MR) is 161 cm³/mol. The summed E-state index contributed by atoms with van der Waals surface area (Å²) in [6.07, 6.45) is 2.74. The van der Waals surface area contributed by atoms with E-state index in [1.165, 1.54) is 31.1 Å². The summed E-state index contributed by atoms with van der Waals surface area (Å²) >= 11 is 1.35. The van der Waals surface area contributed by atoms with Crippen molar-refractivity contribution in [2.45, 2.75) is 49.8 Å². The van der Waals surface area contributed by atoms with Crippen LogP contribution in [0.5, 0.6) is 5.75 Å². The van der Waals surface area contributed by atoms with Crippen molar-refractivity contribution in [3.63, 3.8) is 0 Å². The molecule has 14 heteroatoms. The third-order valence-electron chi connectivity index (χ3n) is 8.49. The maximum Gasteiger partial charge on any atom is 0.419 e. The molecule has 1 aromatic heterocycles. The minimum Gasteiger partial charge on any atom is -0.496 e. The van der Waals surface area contributed by atoms with Crippen LogP contribution in [-0.4, -0.2) is 85.1 Å². The van der Waals surface area contributed by atoms with Gasteiger partial charge >= 0.3 is 6.18 Å². The SMILES string of the molecule is COCC1(C)CCCN1CC1=C(c2ccc(OC)c(C(F)(F)F)c2)NC(NC(=O)c2cnc(N3CCC(C=O)CC3)cn2)S1. The maximum atomic E-state index is 13.9. The molecule has 44 heavy (non-hydrogen) atoms. The van der Waals surface area contributed by atoms with Gasteiger partial charge in [0.25, 0.3) is 5.91 Å². The van der Waals surface area contributed by atoms with Crippen LogP contribution in [0.3, 0.4) is 0 Å². The zero-order chi connectivity index (χ0) is 31.5. The van der Waals surface area contributed by atoms with Crippen molar-refractivity contribution >= 4 is 35.5 Å². The number of aromatic nitrogens is 2. The average molecular weight is 635 g/mol. The molecule has 0 saturated carbocycles. The lowest BCUT2D eigenvalue weighted by molar-refractivity contribution is -0.138. The number of carbonyl (C=O) groups excluding carboxylic acids is 2.